The molecule has 24 heavy (non-hydrogen) atoms. The molecular weight excluding hydrogens is 343 g/mol. The number of hydrogen-bond donors (Lipinski definition) is 0. The van der Waals surface area contributed by atoms with E-state index in [4.69, 9.17) is 4.74 Å². The topological polar surface area (TPSA) is 65.0 Å². The molecule has 0 N–H and O–H groups in total. The highest BCUT2D eigenvalue weighted by Crippen LogP contribution is 2.32. The Morgan fingerprint density at radius 3 is 2.67 bits per heavy atom. The molecule has 2 heterocycles. The maximum atomic E-state index is 13.1. The number of carbonyl (C=O) groups is 1. The normalized spacial score (nSPS) is 12.7. The number of ether oxygens (including phenoxy) is 1. The summed E-state index contributed by atoms with van der Waals surface area (Å²) in [6, 6.07) is 5.58. The number of pyridine rings is 1. The summed E-state index contributed by atoms with van der Waals surface area (Å²) in [4.78, 5) is 23.2. The Morgan fingerprint density at radius 2 is 2.08 bits per heavy atom. The van der Waals surface area contributed by atoms with E-state index >= 15 is 0 Å². The van der Waals surface area contributed by atoms with Crippen LogP contribution < -0.4 is 0 Å². The summed E-state index contributed by atoms with van der Waals surface area (Å²) in [7, 11) is 0. The summed E-state index contributed by atoms with van der Waals surface area (Å²) in [5.74, 6) is -0.668. The smallest absolute Gasteiger partial charge is 0.433 e. The van der Waals surface area contributed by atoms with Crippen LogP contribution >= 0.6 is 11.8 Å². The van der Waals surface area contributed by atoms with E-state index in [1.165, 1.54) is 12.3 Å². The van der Waals surface area contributed by atoms with Crippen molar-refractivity contribution in [3.05, 3.63) is 36.2 Å². The first-order valence-electron chi connectivity index (χ1n) is 7.02. The van der Waals surface area contributed by atoms with Crippen LogP contribution in [0.4, 0.5) is 13.2 Å². The maximum Gasteiger partial charge on any atom is 0.433 e. The van der Waals surface area contributed by atoms with Crippen LogP contribution in [0.1, 0.15) is 19.5 Å². The Labute approximate surface area is 140 Å². The van der Waals surface area contributed by atoms with Crippen LogP contribution in [0.15, 0.2) is 35.5 Å². The van der Waals surface area contributed by atoms with Gasteiger partial charge in [-0.05, 0) is 26.0 Å². The first-order valence-corrected chi connectivity index (χ1v) is 7.90. The lowest BCUT2D eigenvalue weighted by Gasteiger charge is -2.12. The van der Waals surface area contributed by atoms with Gasteiger partial charge in [-0.1, -0.05) is 17.8 Å². The lowest BCUT2D eigenvalue weighted by Crippen LogP contribution is -2.17. The fraction of sp³-hybridized carbons (Fsp3) is 0.333. The Morgan fingerprint density at radius 1 is 1.33 bits per heavy atom. The van der Waals surface area contributed by atoms with Crippen LogP contribution in [0.2, 0.25) is 0 Å². The van der Waals surface area contributed by atoms with E-state index in [9.17, 15) is 18.0 Å². The molecule has 0 saturated heterocycles. The summed E-state index contributed by atoms with van der Waals surface area (Å²) in [6.07, 6.45) is -3.19. The third-order valence-corrected chi connectivity index (χ3v) is 3.80. The van der Waals surface area contributed by atoms with E-state index in [1.807, 2.05) is 0 Å². The molecule has 2 rings (SSSR count). The molecule has 2 aromatic rings. The monoisotopic (exact) mass is 357 g/mol. The average Bonchev–Trinajstić information content (AvgIpc) is 2.54. The molecule has 9 heteroatoms. The van der Waals surface area contributed by atoms with Gasteiger partial charge in [0, 0.05) is 12.3 Å². The van der Waals surface area contributed by atoms with Gasteiger partial charge in [0.2, 0.25) is 0 Å². The standard InChI is InChI=1S/C15H14F3N3O2S/c1-3-23-14(22)9(2)24-12-8-11(15(16,17)18)20-13(21-12)10-6-4-5-7-19-10/h4-9H,3H2,1-2H3/t9-/m1/s1. The van der Waals surface area contributed by atoms with Crippen molar-refractivity contribution >= 4 is 17.7 Å². The van der Waals surface area contributed by atoms with E-state index in [2.05, 4.69) is 15.0 Å². The van der Waals surface area contributed by atoms with Crippen molar-refractivity contribution < 1.29 is 22.7 Å². The minimum Gasteiger partial charge on any atom is -0.465 e. The second-order valence-electron chi connectivity index (χ2n) is 4.64. The number of carbonyl (C=O) groups excluding carboxylic acids is 1. The lowest BCUT2D eigenvalue weighted by molar-refractivity contribution is -0.142. The zero-order valence-electron chi connectivity index (χ0n) is 12.9. The predicted molar refractivity (Wildman–Crippen MR) is 82.2 cm³/mol. The molecule has 0 aliphatic heterocycles. The average molecular weight is 357 g/mol. The van der Waals surface area contributed by atoms with Gasteiger partial charge < -0.3 is 4.74 Å². The molecule has 0 bridgehead atoms. The maximum absolute atomic E-state index is 13.1. The summed E-state index contributed by atoms with van der Waals surface area (Å²) >= 11 is 0.877. The number of aromatic nitrogens is 3. The zero-order chi connectivity index (χ0) is 17.7. The van der Waals surface area contributed by atoms with E-state index in [0.29, 0.717) is 0 Å². The van der Waals surface area contributed by atoms with Gasteiger partial charge in [-0.25, -0.2) is 9.97 Å². The van der Waals surface area contributed by atoms with Crippen molar-refractivity contribution in [1.29, 1.82) is 0 Å². The van der Waals surface area contributed by atoms with Gasteiger partial charge in [0.25, 0.3) is 0 Å². The fourth-order valence-electron chi connectivity index (χ4n) is 1.73. The van der Waals surface area contributed by atoms with Crippen molar-refractivity contribution in [2.45, 2.75) is 30.3 Å². The SMILES string of the molecule is CCOC(=O)[C@@H](C)Sc1cc(C(F)(F)F)nc(-c2ccccn2)n1. The van der Waals surface area contributed by atoms with Crippen LogP contribution in [0, 0.1) is 0 Å². The minimum absolute atomic E-state index is 0.0264. The molecule has 0 fully saturated rings. The quantitative estimate of drug-likeness (QED) is 0.463. The number of hydrogen-bond acceptors (Lipinski definition) is 6. The number of halogens is 3. The summed E-state index contributed by atoms with van der Waals surface area (Å²) in [5.41, 5.74) is -0.869. The fourth-order valence-corrected chi connectivity index (χ4v) is 2.57. The van der Waals surface area contributed by atoms with Crippen LogP contribution in [0.25, 0.3) is 11.5 Å². The van der Waals surface area contributed by atoms with Crippen LogP contribution in [0.3, 0.4) is 0 Å². The predicted octanol–water partition coefficient (Wildman–Crippen LogP) is 3.60. The number of alkyl halides is 3. The second-order valence-corrected chi connectivity index (χ2v) is 6.00. The highest BCUT2D eigenvalue weighted by Gasteiger charge is 2.34. The summed E-state index contributed by atoms with van der Waals surface area (Å²) in [5, 5.41) is -0.670. The molecule has 0 aliphatic carbocycles. The molecule has 1 atom stereocenters. The van der Waals surface area contributed by atoms with Crippen LogP contribution in [0.5, 0.6) is 0 Å². The molecule has 128 valence electrons. The number of thioether (sulfide) groups is 1. The molecule has 0 amide bonds. The number of rotatable bonds is 5. The molecular formula is C15H14F3N3O2S. The molecule has 0 saturated carbocycles. The third kappa shape index (κ3) is 4.67. The molecule has 0 spiro atoms. The Bertz CT molecular complexity index is 711. The van der Waals surface area contributed by atoms with E-state index in [-0.39, 0.29) is 23.2 Å². The second kappa shape index (κ2) is 7.61. The van der Waals surface area contributed by atoms with Crippen molar-refractivity contribution in [2.75, 3.05) is 6.61 Å². The van der Waals surface area contributed by atoms with Gasteiger partial charge >= 0.3 is 12.1 Å². The van der Waals surface area contributed by atoms with Gasteiger partial charge in [0.1, 0.15) is 21.7 Å². The Hall–Kier alpha value is -2.16. The Balaban J connectivity index is 2.39. The van der Waals surface area contributed by atoms with Gasteiger partial charge in [-0.15, -0.1) is 0 Å². The minimum atomic E-state index is -4.63. The first-order chi connectivity index (χ1) is 11.3. The first kappa shape index (κ1) is 18.2. The molecule has 0 aliphatic rings. The molecule has 0 unspecified atom stereocenters. The van der Waals surface area contributed by atoms with E-state index in [0.717, 1.165) is 17.8 Å². The van der Waals surface area contributed by atoms with Crippen LogP contribution in [-0.4, -0.2) is 32.8 Å². The van der Waals surface area contributed by atoms with Gasteiger partial charge in [-0.3, -0.25) is 9.78 Å². The van der Waals surface area contributed by atoms with Crippen molar-refractivity contribution in [2.24, 2.45) is 0 Å². The van der Waals surface area contributed by atoms with Crippen molar-refractivity contribution in [1.82, 2.24) is 15.0 Å². The highest BCUT2D eigenvalue weighted by atomic mass is 32.2. The number of esters is 1. The van der Waals surface area contributed by atoms with Crippen LogP contribution in [-0.2, 0) is 15.7 Å². The van der Waals surface area contributed by atoms with Gasteiger partial charge in [-0.2, -0.15) is 13.2 Å². The van der Waals surface area contributed by atoms with Crippen molar-refractivity contribution in [3.63, 3.8) is 0 Å². The summed E-state index contributed by atoms with van der Waals surface area (Å²) in [6.45, 7) is 3.39. The molecule has 5 nitrogen and oxygen atoms in total. The van der Waals surface area contributed by atoms with Gasteiger partial charge in [0.15, 0.2) is 5.82 Å². The summed E-state index contributed by atoms with van der Waals surface area (Å²) < 4.78 is 44.1. The highest BCUT2D eigenvalue weighted by molar-refractivity contribution is 8.00. The number of nitrogens with zero attached hydrogens (tertiary/aromatic N) is 3. The lowest BCUT2D eigenvalue weighted by atomic mass is 10.3. The largest absolute Gasteiger partial charge is 0.465 e. The zero-order valence-corrected chi connectivity index (χ0v) is 13.7. The molecule has 0 aromatic carbocycles. The Kier molecular flexibility index (Phi) is 5.76. The van der Waals surface area contributed by atoms with E-state index in [1.54, 1.807) is 26.0 Å². The molecule has 2 aromatic heterocycles. The van der Waals surface area contributed by atoms with Gasteiger partial charge in [0.05, 0.1) is 6.61 Å². The van der Waals surface area contributed by atoms with Crippen molar-refractivity contribution in [3.8, 4) is 11.5 Å². The van der Waals surface area contributed by atoms with E-state index < -0.39 is 23.1 Å². The third-order valence-electron chi connectivity index (χ3n) is 2.80. The molecule has 0 radical (unpaired) electrons.